The van der Waals surface area contributed by atoms with Crippen LogP contribution in [0.1, 0.15) is 19.3 Å². The fourth-order valence-corrected chi connectivity index (χ4v) is 2.09. The molecule has 2 atom stereocenters. The van der Waals surface area contributed by atoms with Gasteiger partial charge in [0.15, 0.2) is 0 Å². The van der Waals surface area contributed by atoms with Crippen LogP contribution < -0.4 is 0 Å². The van der Waals surface area contributed by atoms with Crippen LogP contribution in [0.15, 0.2) is 48.1 Å². The average Bonchev–Trinajstić information content (AvgIpc) is 2.20. The van der Waals surface area contributed by atoms with E-state index in [1.807, 2.05) is 0 Å². The first-order chi connectivity index (χ1) is 7.40. The summed E-state index contributed by atoms with van der Waals surface area (Å²) in [6, 6.07) is 2.20. The van der Waals surface area contributed by atoms with Gasteiger partial charge in [0, 0.05) is 18.3 Å². The van der Waals surface area contributed by atoms with Crippen LogP contribution in [0.4, 0.5) is 0 Å². The van der Waals surface area contributed by atoms with Crippen LogP contribution in [0.3, 0.4) is 0 Å². The minimum absolute atomic E-state index is 0.461. The molecule has 0 amide bonds. The Morgan fingerprint density at radius 2 is 2.00 bits per heavy atom. The normalized spacial score (nSPS) is 31.3. The molecule has 0 fully saturated rings. The second-order valence-electron chi connectivity index (χ2n) is 4.01. The van der Waals surface area contributed by atoms with E-state index in [4.69, 9.17) is 5.26 Å². The number of hydrogen-bond acceptors (Lipinski definition) is 1. The molecule has 0 radical (unpaired) electrons. The minimum atomic E-state index is 0.461. The molecule has 2 bridgehead atoms. The van der Waals surface area contributed by atoms with Crippen molar-refractivity contribution in [3.63, 3.8) is 0 Å². The van der Waals surface area contributed by atoms with E-state index >= 15 is 0 Å². The van der Waals surface area contributed by atoms with E-state index in [0.29, 0.717) is 18.3 Å². The molecule has 0 aromatic rings. The maximum Gasteiger partial charge on any atom is 0.0621 e. The summed E-state index contributed by atoms with van der Waals surface area (Å²) in [5.74, 6) is 0.924. The molecule has 0 saturated carbocycles. The SMILES string of the molecule is N#CCCCC1=C[C@@H]2C=C[C@H]1/C=C\C=C/2. The highest BCUT2D eigenvalue weighted by atomic mass is 14.2. The summed E-state index contributed by atoms with van der Waals surface area (Å²) in [6.45, 7) is 0. The predicted octanol–water partition coefficient (Wildman–Crippen LogP) is 3.53. The van der Waals surface area contributed by atoms with E-state index in [1.54, 1.807) is 0 Å². The molecule has 3 aliphatic rings. The second-order valence-corrected chi connectivity index (χ2v) is 4.01. The quantitative estimate of drug-likeness (QED) is 0.501. The first-order valence-corrected chi connectivity index (χ1v) is 5.51. The topological polar surface area (TPSA) is 23.8 Å². The first-order valence-electron chi connectivity index (χ1n) is 5.51. The molecule has 0 spiro atoms. The third-order valence-corrected chi connectivity index (χ3v) is 2.89. The zero-order valence-corrected chi connectivity index (χ0v) is 8.76. The molecule has 0 heterocycles. The molecule has 1 heteroatoms. The molecule has 15 heavy (non-hydrogen) atoms. The largest absolute Gasteiger partial charge is 0.198 e. The lowest BCUT2D eigenvalue weighted by Crippen LogP contribution is -2.07. The van der Waals surface area contributed by atoms with Crippen LogP contribution in [-0.2, 0) is 0 Å². The number of fused-ring (bicyclic) bond motifs is 1. The Balaban J connectivity index is 2.07. The van der Waals surface area contributed by atoms with Crippen molar-refractivity contribution in [2.75, 3.05) is 0 Å². The summed E-state index contributed by atoms with van der Waals surface area (Å²) < 4.78 is 0. The number of rotatable bonds is 3. The Bertz CT molecular complexity index is 377. The molecule has 3 aliphatic carbocycles. The second kappa shape index (κ2) is 4.79. The van der Waals surface area contributed by atoms with E-state index in [9.17, 15) is 0 Å². The van der Waals surface area contributed by atoms with Gasteiger partial charge in [0.2, 0.25) is 0 Å². The van der Waals surface area contributed by atoms with Crippen LogP contribution in [0.2, 0.25) is 0 Å². The van der Waals surface area contributed by atoms with E-state index in [-0.39, 0.29) is 0 Å². The van der Waals surface area contributed by atoms with Crippen LogP contribution >= 0.6 is 0 Å². The smallest absolute Gasteiger partial charge is 0.0621 e. The maximum absolute atomic E-state index is 8.52. The summed E-state index contributed by atoms with van der Waals surface area (Å²) in [4.78, 5) is 0. The Hall–Kier alpha value is -1.55. The highest BCUT2D eigenvalue weighted by Gasteiger charge is 2.15. The van der Waals surface area contributed by atoms with Gasteiger partial charge in [-0.05, 0) is 12.8 Å². The van der Waals surface area contributed by atoms with Crippen LogP contribution in [0.5, 0.6) is 0 Å². The van der Waals surface area contributed by atoms with E-state index in [0.717, 1.165) is 12.8 Å². The zero-order valence-electron chi connectivity index (χ0n) is 8.76. The van der Waals surface area contributed by atoms with Crippen molar-refractivity contribution in [3.8, 4) is 6.07 Å². The highest BCUT2D eigenvalue weighted by Crippen LogP contribution is 2.29. The molecule has 0 unspecified atom stereocenters. The molecular formula is C14H15N. The lowest BCUT2D eigenvalue weighted by Gasteiger charge is -2.21. The fraction of sp³-hybridized carbons (Fsp3) is 0.357. The van der Waals surface area contributed by atoms with Gasteiger partial charge < -0.3 is 0 Å². The van der Waals surface area contributed by atoms with Crippen molar-refractivity contribution in [1.82, 2.24) is 0 Å². The van der Waals surface area contributed by atoms with Crippen LogP contribution in [0, 0.1) is 23.2 Å². The third-order valence-electron chi connectivity index (χ3n) is 2.89. The average molecular weight is 197 g/mol. The van der Waals surface area contributed by atoms with Crippen molar-refractivity contribution in [2.45, 2.75) is 19.3 Å². The maximum atomic E-state index is 8.52. The molecule has 0 saturated heterocycles. The Morgan fingerprint density at radius 3 is 2.87 bits per heavy atom. The summed E-state index contributed by atoms with van der Waals surface area (Å²) in [7, 11) is 0. The molecule has 1 nitrogen and oxygen atoms in total. The van der Waals surface area contributed by atoms with E-state index < -0.39 is 0 Å². The number of nitriles is 1. The number of allylic oxidation sites excluding steroid dienone is 8. The molecule has 3 rings (SSSR count). The van der Waals surface area contributed by atoms with Crippen molar-refractivity contribution < 1.29 is 0 Å². The molecule has 0 aliphatic heterocycles. The van der Waals surface area contributed by atoms with Gasteiger partial charge in [0.1, 0.15) is 0 Å². The van der Waals surface area contributed by atoms with Crippen LogP contribution in [0.25, 0.3) is 0 Å². The van der Waals surface area contributed by atoms with Crippen molar-refractivity contribution in [2.24, 2.45) is 11.8 Å². The summed E-state index contributed by atoms with van der Waals surface area (Å²) in [5.41, 5.74) is 1.47. The fourth-order valence-electron chi connectivity index (χ4n) is 2.09. The Morgan fingerprint density at radius 1 is 1.13 bits per heavy atom. The van der Waals surface area contributed by atoms with Crippen molar-refractivity contribution in [1.29, 1.82) is 5.26 Å². The van der Waals surface area contributed by atoms with Gasteiger partial charge in [0.25, 0.3) is 0 Å². The molecule has 0 aromatic carbocycles. The van der Waals surface area contributed by atoms with Gasteiger partial charge in [-0.25, -0.2) is 0 Å². The Kier molecular flexibility index (Phi) is 3.19. The van der Waals surface area contributed by atoms with E-state index in [1.165, 1.54) is 5.57 Å². The Labute approximate surface area is 91.1 Å². The van der Waals surface area contributed by atoms with Gasteiger partial charge >= 0.3 is 0 Å². The van der Waals surface area contributed by atoms with Gasteiger partial charge in [-0.1, -0.05) is 48.1 Å². The molecule has 76 valence electrons. The number of nitrogens with zero attached hydrogens (tertiary/aromatic N) is 1. The lowest BCUT2D eigenvalue weighted by atomic mass is 9.84. The van der Waals surface area contributed by atoms with Gasteiger partial charge in [-0.2, -0.15) is 5.26 Å². The standard InChI is InChI=1S/C14H15N/c15-10-4-3-7-14-11-12-5-1-2-6-13(14)9-8-12/h1-2,5-6,8-9,11-13H,3-4,7H2/b5-1-,6-2-/t12-,13+/m0/s1. The van der Waals surface area contributed by atoms with E-state index in [2.05, 4.69) is 48.6 Å². The molecular weight excluding hydrogens is 182 g/mol. The van der Waals surface area contributed by atoms with Gasteiger partial charge in [0.05, 0.1) is 6.07 Å². The highest BCUT2D eigenvalue weighted by molar-refractivity contribution is 5.33. The summed E-state index contributed by atoms with van der Waals surface area (Å²) >= 11 is 0. The van der Waals surface area contributed by atoms with Crippen molar-refractivity contribution >= 4 is 0 Å². The number of unbranched alkanes of at least 4 members (excludes halogenated alkanes) is 1. The zero-order chi connectivity index (χ0) is 10.5. The summed E-state index contributed by atoms with van der Waals surface area (Å²) in [6.07, 6.45) is 18.2. The monoisotopic (exact) mass is 197 g/mol. The predicted molar refractivity (Wildman–Crippen MR) is 61.9 cm³/mol. The summed E-state index contributed by atoms with van der Waals surface area (Å²) in [5, 5.41) is 8.52. The van der Waals surface area contributed by atoms with Crippen molar-refractivity contribution in [3.05, 3.63) is 48.1 Å². The first kappa shape index (κ1) is 9.98. The third kappa shape index (κ3) is 2.47. The van der Waals surface area contributed by atoms with Gasteiger partial charge in [-0.15, -0.1) is 0 Å². The van der Waals surface area contributed by atoms with Gasteiger partial charge in [-0.3, -0.25) is 0 Å². The van der Waals surface area contributed by atoms with Crippen LogP contribution in [-0.4, -0.2) is 0 Å². The number of hydrogen-bond donors (Lipinski definition) is 0. The molecule has 0 aromatic heterocycles. The lowest BCUT2D eigenvalue weighted by molar-refractivity contribution is 0.743. The molecule has 0 N–H and O–H groups in total. The minimum Gasteiger partial charge on any atom is -0.198 e.